The summed E-state index contributed by atoms with van der Waals surface area (Å²) in [5, 5.41) is 9.49. The van der Waals surface area contributed by atoms with E-state index in [1.54, 1.807) is 18.5 Å². The highest BCUT2D eigenvalue weighted by molar-refractivity contribution is 5.89. The summed E-state index contributed by atoms with van der Waals surface area (Å²) < 4.78 is 5.81. The van der Waals surface area contributed by atoms with Crippen molar-refractivity contribution in [2.24, 2.45) is 0 Å². The van der Waals surface area contributed by atoms with Gasteiger partial charge in [-0.2, -0.15) is 0 Å². The fourth-order valence-electron chi connectivity index (χ4n) is 5.29. The van der Waals surface area contributed by atoms with Crippen LogP contribution >= 0.6 is 0 Å². The van der Waals surface area contributed by atoms with Crippen LogP contribution in [-0.4, -0.2) is 41.2 Å². The molecule has 0 bridgehead atoms. The maximum absolute atomic E-state index is 11.6. The third kappa shape index (κ3) is 3.67. The number of pyridine rings is 1. The Bertz CT molecular complexity index is 1190. The quantitative estimate of drug-likeness (QED) is 0.629. The van der Waals surface area contributed by atoms with Crippen molar-refractivity contribution >= 4 is 5.97 Å². The Labute approximate surface area is 188 Å². The molecule has 2 aliphatic heterocycles. The van der Waals surface area contributed by atoms with Gasteiger partial charge < -0.3 is 9.84 Å². The molecule has 0 amide bonds. The van der Waals surface area contributed by atoms with Crippen molar-refractivity contribution in [3.8, 4) is 16.9 Å². The second-order valence-corrected chi connectivity index (χ2v) is 8.87. The van der Waals surface area contributed by atoms with Gasteiger partial charge in [0.2, 0.25) is 0 Å². The molecule has 3 heterocycles. The van der Waals surface area contributed by atoms with Crippen LogP contribution in [0.15, 0.2) is 48.8 Å². The van der Waals surface area contributed by atoms with Gasteiger partial charge in [-0.15, -0.1) is 0 Å². The molecule has 164 valence electrons. The number of ether oxygens (including phenoxy) is 1. The maximum Gasteiger partial charge on any atom is 0.336 e. The molecular weight excluding hydrogens is 400 g/mol. The number of hydrogen-bond donors (Lipinski definition) is 1. The lowest BCUT2D eigenvalue weighted by molar-refractivity contribution is 0.0695. The molecule has 5 heteroatoms. The van der Waals surface area contributed by atoms with Gasteiger partial charge >= 0.3 is 5.97 Å². The van der Waals surface area contributed by atoms with Crippen molar-refractivity contribution in [3.05, 3.63) is 82.2 Å². The Morgan fingerprint density at radius 1 is 1.22 bits per heavy atom. The summed E-state index contributed by atoms with van der Waals surface area (Å²) in [5.74, 6) is 0.130. The molecule has 1 aromatic heterocycles. The van der Waals surface area contributed by atoms with E-state index in [0.29, 0.717) is 12.0 Å². The van der Waals surface area contributed by atoms with Crippen molar-refractivity contribution < 1.29 is 14.6 Å². The smallest absolute Gasteiger partial charge is 0.336 e. The topological polar surface area (TPSA) is 62.7 Å². The third-order valence-corrected chi connectivity index (χ3v) is 6.97. The number of benzene rings is 2. The number of aromatic nitrogens is 1. The van der Waals surface area contributed by atoms with Crippen molar-refractivity contribution in [1.29, 1.82) is 0 Å². The summed E-state index contributed by atoms with van der Waals surface area (Å²) in [6.07, 6.45) is 6.78. The highest BCUT2D eigenvalue weighted by Gasteiger charge is 2.26. The van der Waals surface area contributed by atoms with Gasteiger partial charge in [-0.3, -0.25) is 9.88 Å². The number of fused-ring (bicyclic) bond motifs is 2. The average molecular weight is 429 g/mol. The average Bonchev–Trinajstić information content (AvgIpc) is 3.27. The summed E-state index contributed by atoms with van der Waals surface area (Å²) in [5.41, 5.74) is 9.10. The van der Waals surface area contributed by atoms with Gasteiger partial charge in [-0.05, 0) is 78.7 Å². The molecule has 32 heavy (non-hydrogen) atoms. The molecule has 3 aromatic rings. The molecule has 0 radical (unpaired) electrons. The van der Waals surface area contributed by atoms with Crippen molar-refractivity contribution in [1.82, 2.24) is 9.88 Å². The number of nitrogens with zero attached hydrogens (tertiary/aromatic N) is 2. The number of likely N-dealkylation sites (N-methyl/N-ethyl adjacent to an activating group) is 1. The Balaban J connectivity index is 1.45. The summed E-state index contributed by atoms with van der Waals surface area (Å²) in [4.78, 5) is 18.1. The van der Waals surface area contributed by atoms with E-state index in [4.69, 9.17) is 4.74 Å². The van der Waals surface area contributed by atoms with Gasteiger partial charge in [0.1, 0.15) is 5.75 Å². The van der Waals surface area contributed by atoms with Crippen LogP contribution in [-0.2, 0) is 19.3 Å². The minimum Gasteiger partial charge on any atom is -0.493 e. The van der Waals surface area contributed by atoms with Crippen LogP contribution in [0.1, 0.15) is 50.6 Å². The van der Waals surface area contributed by atoms with E-state index >= 15 is 0 Å². The monoisotopic (exact) mass is 428 g/mol. The normalized spacial score (nSPS) is 17.5. The second-order valence-electron chi connectivity index (χ2n) is 8.87. The maximum atomic E-state index is 11.6. The summed E-state index contributed by atoms with van der Waals surface area (Å²) in [6, 6.07) is 13.0. The van der Waals surface area contributed by atoms with Crippen LogP contribution < -0.4 is 4.74 Å². The first kappa shape index (κ1) is 20.7. The van der Waals surface area contributed by atoms with E-state index in [2.05, 4.69) is 54.2 Å². The van der Waals surface area contributed by atoms with Gasteiger partial charge in [-0.1, -0.05) is 24.3 Å². The third-order valence-electron chi connectivity index (χ3n) is 6.97. The molecule has 0 fully saturated rings. The molecule has 2 aromatic carbocycles. The van der Waals surface area contributed by atoms with Crippen LogP contribution in [0, 0.1) is 6.92 Å². The molecule has 5 rings (SSSR count). The van der Waals surface area contributed by atoms with Crippen LogP contribution in [0.2, 0.25) is 0 Å². The van der Waals surface area contributed by atoms with Gasteiger partial charge in [-0.25, -0.2) is 4.79 Å². The number of aryl methyl sites for hydroxylation is 2. The Morgan fingerprint density at radius 2 is 2.09 bits per heavy atom. The van der Waals surface area contributed by atoms with Crippen LogP contribution in [0.5, 0.6) is 5.75 Å². The number of carbonyl (C=O) groups is 1. The molecule has 0 unspecified atom stereocenters. The molecule has 0 aliphatic carbocycles. The standard InChI is InChI=1S/C27H28N2O3/c1-17-3-8-25-23(11-14-32-25)26(17)19-4-6-21-18(15-19)10-13-29(2)24(21)7-5-20-16-28-12-9-22(20)27(30)31/h3-4,6,8-9,12,15-16,24H,5,7,10-11,13-14H2,1-2H3,(H,30,31)/t24-/m1/s1. The number of carboxylic acids is 1. The van der Waals surface area contributed by atoms with Crippen LogP contribution in [0.3, 0.4) is 0 Å². The number of hydrogen-bond acceptors (Lipinski definition) is 4. The summed E-state index contributed by atoms with van der Waals surface area (Å²) >= 11 is 0. The zero-order valence-electron chi connectivity index (χ0n) is 18.6. The van der Waals surface area contributed by atoms with E-state index in [9.17, 15) is 9.90 Å². The number of carboxylic acid groups (broad SMARTS) is 1. The van der Waals surface area contributed by atoms with Gasteiger partial charge in [0.05, 0.1) is 12.2 Å². The van der Waals surface area contributed by atoms with E-state index in [-0.39, 0.29) is 6.04 Å². The van der Waals surface area contributed by atoms with Crippen molar-refractivity contribution in [2.45, 2.75) is 38.6 Å². The predicted molar refractivity (Wildman–Crippen MR) is 124 cm³/mol. The largest absolute Gasteiger partial charge is 0.493 e. The summed E-state index contributed by atoms with van der Waals surface area (Å²) in [6.45, 7) is 3.93. The lowest BCUT2D eigenvalue weighted by Gasteiger charge is -2.35. The Kier molecular flexibility index (Phi) is 5.43. The predicted octanol–water partition coefficient (Wildman–Crippen LogP) is 4.85. The number of aromatic carboxylic acids is 1. The lowest BCUT2D eigenvalue weighted by atomic mass is 9.85. The minimum atomic E-state index is -0.890. The van der Waals surface area contributed by atoms with E-state index < -0.39 is 5.97 Å². The zero-order chi connectivity index (χ0) is 22.2. The van der Waals surface area contributed by atoms with Crippen molar-refractivity contribution in [3.63, 3.8) is 0 Å². The first-order valence-electron chi connectivity index (χ1n) is 11.3. The van der Waals surface area contributed by atoms with E-state index in [1.165, 1.54) is 33.4 Å². The molecule has 0 saturated carbocycles. The van der Waals surface area contributed by atoms with E-state index in [1.807, 2.05) is 0 Å². The number of rotatable bonds is 5. The fourth-order valence-corrected chi connectivity index (χ4v) is 5.29. The molecule has 0 spiro atoms. The first-order chi connectivity index (χ1) is 15.5. The molecular formula is C27H28N2O3. The van der Waals surface area contributed by atoms with Gasteiger partial charge in [0, 0.05) is 37.0 Å². The Morgan fingerprint density at radius 3 is 2.94 bits per heavy atom. The minimum absolute atomic E-state index is 0.264. The molecule has 1 N–H and O–H groups in total. The van der Waals surface area contributed by atoms with Crippen molar-refractivity contribution in [2.75, 3.05) is 20.2 Å². The SMILES string of the molecule is Cc1ccc2c(c1-c1ccc3c(c1)CCN(C)[C@@H]3CCc1cnccc1C(=O)O)CCO2. The molecule has 0 saturated heterocycles. The molecule has 1 atom stereocenters. The molecule has 2 aliphatic rings. The fraction of sp³-hybridized carbons (Fsp3) is 0.333. The van der Waals surface area contributed by atoms with E-state index in [0.717, 1.165) is 43.7 Å². The van der Waals surface area contributed by atoms with Crippen LogP contribution in [0.4, 0.5) is 0 Å². The second kappa shape index (κ2) is 8.40. The lowest BCUT2D eigenvalue weighted by Crippen LogP contribution is -2.32. The zero-order valence-corrected chi connectivity index (χ0v) is 18.6. The summed E-state index contributed by atoms with van der Waals surface area (Å²) in [7, 11) is 2.16. The van der Waals surface area contributed by atoms with Gasteiger partial charge in [0.25, 0.3) is 0 Å². The van der Waals surface area contributed by atoms with Crippen LogP contribution in [0.25, 0.3) is 11.1 Å². The highest BCUT2D eigenvalue weighted by atomic mass is 16.5. The molecule has 5 nitrogen and oxygen atoms in total. The van der Waals surface area contributed by atoms with Gasteiger partial charge in [0.15, 0.2) is 0 Å². The Hall–Kier alpha value is -3.18. The first-order valence-corrected chi connectivity index (χ1v) is 11.3. The highest BCUT2D eigenvalue weighted by Crippen LogP contribution is 2.40.